The fourth-order valence-corrected chi connectivity index (χ4v) is 9.06. The Morgan fingerprint density at radius 2 is 0.597 bits per heavy atom. The van der Waals surface area contributed by atoms with Gasteiger partial charge in [-0.05, 0) is 127 Å². The molecule has 2 aromatic carbocycles. The summed E-state index contributed by atoms with van der Waals surface area (Å²) in [6.07, 6.45) is 44.6. The Morgan fingerprint density at radius 1 is 0.364 bits per heavy atom. The van der Waals surface area contributed by atoms with Crippen molar-refractivity contribution in [2.24, 2.45) is 0 Å². The van der Waals surface area contributed by atoms with Gasteiger partial charge in [-0.15, -0.1) is 0 Å². The predicted octanol–water partition coefficient (Wildman–Crippen LogP) is 14.7. The van der Waals surface area contributed by atoms with E-state index in [1.807, 2.05) is 0 Å². The second-order valence-electron chi connectivity index (χ2n) is 18.7. The SMILES string of the molecule is CCC/C=C/CCCCCCOC(=O)c1cccc(S(=O)(=O)[O-])c1C(=O)OCCCCCC/C=C/CCC.CCC/C=C/CCCCCCOC(=O)c1cccc(S(=O)(=O)[O-])c1C(=O)OCCCCCC/C=C/CCC.[Ca+2]. The molecule has 14 nitrogen and oxygen atoms in total. The number of hydrogen-bond acceptors (Lipinski definition) is 14. The number of esters is 4. The van der Waals surface area contributed by atoms with E-state index >= 15 is 0 Å². The Kier molecular flexibility index (Phi) is 45.0. The van der Waals surface area contributed by atoms with Crippen LogP contribution >= 0.6 is 0 Å². The number of rotatable bonds is 42. The fourth-order valence-electron chi connectivity index (χ4n) is 7.68. The zero-order chi connectivity index (χ0) is 56.1. The van der Waals surface area contributed by atoms with Crippen LogP contribution in [0.25, 0.3) is 0 Å². The van der Waals surface area contributed by atoms with Crippen molar-refractivity contribution >= 4 is 81.9 Å². The average Bonchev–Trinajstić information content (AvgIpc) is 3.39. The second kappa shape index (κ2) is 47.2. The number of carbonyl (C=O) groups is 4. The maximum Gasteiger partial charge on any atom is 2.00 e. The third-order valence-corrected chi connectivity index (χ3v) is 13.7. The van der Waals surface area contributed by atoms with Crippen LogP contribution in [-0.4, -0.2) is 114 Å². The summed E-state index contributed by atoms with van der Waals surface area (Å²) in [5.41, 5.74) is -1.64. The first-order valence-electron chi connectivity index (χ1n) is 28.1. The van der Waals surface area contributed by atoms with Crippen molar-refractivity contribution in [1.82, 2.24) is 0 Å². The summed E-state index contributed by atoms with van der Waals surface area (Å²) in [5.74, 6) is -3.71. The van der Waals surface area contributed by atoms with Gasteiger partial charge in [-0.1, -0.05) is 165 Å². The molecule has 428 valence electrons. The van der Waals surface area contributed by atoms with Gasteiger partial charge >= 0.3 is 61.6 Å². The van der Waals surface area contributed by atoms with Crippen LogP contribution in [0.15, 0.2) is 94.8 Å². The molecule has 0 aliphatic carbocycles. The number of carbonyl (C=O) groups excluding carboxylic acids is 4. The van der Waals surface area contributed by atoms with Gasteiger partial charge in [0, 0.05) is 0 Å². The third-order valence-electron chi connectivity index (χ3n) is 11.9. The minimum Gasteiger partial charge on any atom is -0.744 e. The summed E-state index contributed by atoms with van der Waals surface area (Å²) >= 11 is 0. The van der Waals surface area contributed by atoms with Gasteiger partial charge in [-0.25, -0.2) is 36.0 Å². The van der Waals surface area contributed by atoms with E-state index in [4.69, 9.17) is 18.9 Å². The molecular weight excluding hydrogens is 1050 g/mol. The molecule has 0 aliphatic heterocycles. The molecule has 0 N–H and O–H groups in total. The van der Waals surface area contributed by atoms with Crippen molar-refractivity contribution < 1.29 is 64.1 Å². The van der Waals surface area contributed by atoms with Crippen molar-refractivity contribution in [2.75, 3.05) is 26.4 Å². The molecule has 0 bridgehead atoms. The maximum absolute atomic E-state index is 12.8. The first kappa shape index (κ1) is 73.4. The molecule has 0 unspecified atom stereocenters. The van der Waals surface area contributed by atoms with Crippen LogP contribution in [0, 0.1) is 0 Å². The first-order chi connectivity index (χ1) is 36.6. The molecule has 0 amide bonds. The van der Waals surface area contributed by atoms with Gasteiger partial charge in [0.05, 0.1) is 58.5 Å². The molecule has 0 heterocycles. The van der Waals surface area contributed by atoms with Gasteiger partial charge in [-0.2, -0.15) is 0 Å². The van der Waals surface area contributed by atoms with Crippen molar-refractivity contribution in [2.45, 2.75) is 217 Å². The summed E-state index contributed by atoms with van der Waals surface area (Å²) in [6, 6.07) is 7.08. The Hall–Kier alpha value is -3.64. The van der Waals surface area contributed by atoms with Crippen LogP contribution in [0.4, 0.5) is 0 Å². The molecule has 77 heavy (non-hydrogen) atoms. The van der Waals surface area contributed by atoms with Crippen molar-refractivity contribution in [3.8, 4) is 0 Å². The van der Waals surface area contributed by atoms with Crippen LogP contribution in [0.3, 0.4) is 0 Å². The van der Waals surface area contributed by atoms with Gasteiger partial charge in [0.1, 0.15) is 20.2 Å². The van der Waals surface area contributed by atoms with E-state index in [1.54, 1.807) is 0 Å². The summed E-state index contributed by atoms with van der Waals surface area (Å²) in [5, 5.41) is 0. The summed E-state index contributed by atoms with van der Waals surface area (Å²) in [7, 11) is -10.0. The van der Waals surface area contributed by atoms with E-state index in [1.165, 1.54) is 24.3 Å². The largest absolute Gasteiger partial charge is 2.00 e. The van der Waals surface area contributed by atoms with E-state index in [0.29, 0.717) is 25.7 Å². The molecule has 0 atom stereocenters. The van der Waals surface area contributed by atoms with E-state index in [9.17, 15) is 45.1 Å². The first-order valence-corrected chi connectivity index (χ1v) is 30.9. The summed E-state index contributed by atoms with van der Waals surface area (Å²) in [4.78, 5) is 49.4. The smallest absolute Gasteiger partial charge is 0.744 e. The molecule has 0 spiro atoms. The molecule has 0 aromatic heterocycles. The van der Waals surface area contributed by atoms with Gasteiger partial charge in [0.25, 0.3) is 0 Å². The molecule has 0 fully saturated rings. The quantitative estimate of drug-likeness (QED) is 0.0151. The summed E-state index contributed by atoms with van der Waals surface area (Å²) in [6.45, 7) is 8.98. The Balaban J connectivity index is 0.00000148. The Bertz CT molecular complexity index is 2130. The monoisotopic (exact) mass is 1140 g/mol. The minimum absolute atomic E-state index is 0. The molecular formula is C60H90CaO14S2. The number of benzene rings is 2. The standard InChI is InChI=1S/2C30H46O7S.Ca/c2*1-3-5-7-9-11-13-15-17-19-24-36-29(31)26-22-21-23-27(38(33,34)35)28(26)30(32)37-25-20-18-16-14-12-10-8-6-4-2;/h2*7-10,21-23H,3-6,11-20,24-25H2,1-2H3,(H,33,34,35);/q;;+2/p-2/b2*9-7+,10-8+;. The van der Waals surface area contributed by atoms with Crippen LogP contribution in [0.1, 0.15) is 249 Å². The number of allylic oxidation sites excluding steroid dienone is 8. The maximum atomic E-state index is 12.8. The normalized spacial score (nSPS) is 11.7. The van der Waals surface area contributed by atoms with Crippen LogP contribution in [-0.2, 0) is 39.2 Å². The number of ether oxygens (including phenoxy) is 4. The van der Waals surface area contributed by atoms with Gasteiger partial charge < -0.3 is 28.1 Å². The average molecular weight is 1140 g/mol. The minimum atomic E-state index is -5.00. The van der Waals surface area contributed by atoms with E-state index in [0.717, 1.165) is 166 Å². The van der Waals surface area contributed by atoms with E-state index in [-0.39, 0.29) is 75.3 Å². The van der Waals surface area contributed by atoms with E-state index < -0.39 is 65.0 Å². The van der Waals surface area contributed by atoms with Crippen LogP contribution in [0.5, 0.6) is 0 Å². The molecule has 0 saturated carbocycles. The zero-order valence-corrected chi connectivity index (χ0v) is 50.8. The number of unbranched alkanes of at least 4 members (excludes halogenated alkanes) is 20. The second-order valence-corrected chi connectivity index (χ2v) is 21.4. The molecule has 0 aliphatic rings. The topological polar surface area (TPSA) is 220 Å². The van der Waals surface area contributed by atoms with Crippen molar-refractivity contribution in [3.05, 3.63) is 107 Å². The Morgan fingerprint density at radius 3 is 0.844 bits per heavy atom. The van der Waals surface area contributed by atoms with Crippen molar-refractivity contribution in [3.63, 3.8) is 0 Å². The van der Waals surface area contributed by atoms with Gasteiger partial charge in [-0.3, -0.25) is 0 Å². The van der Waals surface area contributed by atoms with Crippen LogP contribution < -0.4 is 0 Å². The van der Waals surface area contributed by atoms with Crippen LogP contribution in [0.2, 0.25) is 0 Å². The van der Waals surface area contributed by atoms with Gasteiger partial charge in [0.15, 0.2) is 0 Å². The molecule has 17 heteroatoms. The fraction of sp³-hybridized carbons (Fsp3) is 0.600. The third kappa shape index (κ3) is 35.6. The molecule has 0 radical (unpaired) electrons. The van der Waals surface area contributed by atoms with Gasteiger partial charge in [0.2, 0.25) is 0 Å². The zero-order valence-electron chi connectivity index (χ0n) is 46.9. The molecule has 2 rings (SSSR count). The predicted molar refractivity (Wildman–Crippen MR) is 304 cm³/mol. The molecule has 0 saturated heterocycles. The summed E-state index contributed by atoms with van der Waals surface area (Å²) < 4.78 is 91.8. The number of hydrogen-bond donors (Lipinski definition) is 0. The Labute approximate surface area is 493 Å². The molecule has 2 aromatic rings. The van der Waals surface area contributed by atoms with E-state index in [2.05, 4.69) is 76.3 Å². The van der Waals surface area contributed by atoms with Crippen molar-refractivity contribution in [1.29, 1.82) is 0 Å².